The number of pyridine rings is 1. The smallest absolute Gasteiger partial charge is 0.140 e. The first-order valence-electron chi connectivity index (χ1n) is 5.27. The fourth-order valence-electron chi connectivity index (χ4n) is 1.46. The lowest BCUT2D eigenvalue weighted by molar-refractivity contribution is -0.119. The van der Waals surface area contributed by atoms with Gasteiger partial charge < -0.3 is 4.74 Å². The standard InChI is InChI=1S/C12H17NO2/c1-3-5-10(14)7-8-11-12(15-2)6-4-9-13-11/h4,6,9H,3,5,7-8H2,1-2H3. The summed E-state index contributed by atoms with van der Waals surface area (Å²) in [6, 6.07) is 3.70. The van der Waals surface area contributed by atoms with Crippen LogP contribution in [0.1, 0.15) is 31.9 Å². The Hall–Kier alpha value is -1.38. The van der Waals surface area contributed by atoms with E-state index in [2.05, 4.69) is 4.98 Å². The number of rotatable bonds is 6. The molecule has 0 aromatic carbocycles. The van der Waals surface area contributed by atoms with Crippen molar-refractivity contribution in [1.82, 2.24) is 4.98 Å². The van der Waals surface area contributed by atoms with Crippen LogP contribution in [0.5, 0.6) is 5.75 Å². The van der Waals surface area contributed by atoms with E-state index in [1.807, 2.05) is 19.1 Å². The molecule has 0 radical (unpaired) electrons. The van der Waals surface area contributed by atoms with Crippen molar-refractivity contribution in [3.8, 4) is 5.75 Å². The topological polar surface area (TPSA) is 39.2 Å². The maximum atomic E-state index is 11.3. The van der Waals surface area contributed by atoms with Gasteiger partial charge in [0.25, 0.3) is 0 Å². The Morgan fingerprint density at radius 1 is 1.47 bits per heavy atom. The van der Waals surface area contributed by atoms with Crippen molar-refractivity contribution in [2.45, 2.75) is 32.6 Å². The molecular weight excluding hydrogens is 190 g/mol. The lowest BCUT2D eigenvalue weighted by Gasteiger charge is -2.05. The van der Waals surface area contributed by atoms with E-state index in [1.54, 1.807) is 13.3 Å². The van der Waals surface area contributed by atoms with Crippen molar-refractivity contribution >= 4 is 5.78 Å². The lowest BCUT2D eigenvalue weighted by Crippen LogP contribution is -2.02. The van der Waals surface area contributed by atoms with E-state index in [9.17, 15) is 4.79 Å². The highest BCUT2D eigenvalue weighted by molar-refractivity contribution is 5.78. The van der Waals surface area contributed by atoms with E-state index in [0.29, 0.717) is 25.0 Å². The third-order valence-corrected chi connectivity index (χ3v) is 2.24. The van der Waals surface area contributed by atoms with Crippen LogP contribution in [0.25, 0.3) is 0 Å². The zero-order chi connectivity index (χ0) is 11.1. The van der Waals surface area contributed by atoms with Gasteiger partial charge in [-0.2, -0.15) is 0 Å². The van der Waals surface area contributed by atoms with Gasteiger partial charge in [-0.05, 0) is 18.6 Å². The first kappa shape index (κ1) is 11.7. The molecule has 3 heteroatoms. The number of Topliss-reactive ketones (excluding diaryl/α,β-unsaturated/α-hetero) is 1. The van der Waals surface area contributed by atoms with Crippen LogP contribution in [-0.4, -0.2) is 17.9 Å². The lowest BCUT2D eigenvalue weighted by atomic mass is 10.1. The molecule has 15 heavy (non-hydrogen) atoms. The summed E-state index contributed by atoms with van der Waals surface area (Å²) in [7, 11) is 1.62. The molecular formula is C12H17NO2. The summed E-state index contributed by atoms with van der Waals surface area (Å²) in [5.41, 5.74) is 0.865. The number of hydrogen-bond donors (Lipinski definition) is 0. The number of ether oxygens (including phenoxy) is 1. The van der Waals surface area contributed by atoms with Gasteiger partial charge in [0, 0.05) is 25.5 Å². The van der Waals surface area contributed by atoms with Gasteiger partial charge in [0.15, 0.2) is 0 Å². The highest BCUT2D eigenvalue weighted by atomic mass is 16.5. The van der Waals surface area contributed by atoms with Crippen LogP contribution in [0.2, 0.25) is 0 Å². The van der Waals surface area contributed by atoms with E-state index in [4.69, 9.17) is 4.74 Å². The highest BCUT2D eigenvalue weighted by Gasteiger charge is 2.06. The number of hydrogen-bond acceptors (Lipinski definition) is 3. The number of methoxy groups -OCH3 is 1. The van der Waals surface area contributed by atoms with Crippen molar-refractivity contribution in [3.63, 3.8) is 0 Å². The zero-order valence-electron chi connectivity index (χ0n) is 9.32. The maximum Gasteiger partial charge on any atom is 0.140 e. The molecule has 1 heterocycles. The Morgan fingerprint density at radius 2 is 2.27 bits per heavy atom. The third-order valence-electron chi connectivity index (χ3n) is 2.24. The molecule has 1 rings (SSSR count). The van der Waals surface area contributed by atoms with E-state index in [0.717, 1.165) is 17.9 Å². The maximum absolute atomic E-state index is 11.3. The highest BCUT2D eigenvalue weighted by Crippen LogP contribution is 2.16. The van der Waals surface area contributed by atoms with E-state index in [-0.39, 0.29) is 0 Å². The minimum absolute atomic E-state index is 0.296. The average Bonchev–Trinajstić information content (AvgIpc) is 2.27. The SMILES string of the molecule is CCCC(=O)CCc1ncccc1OC. The Kier molecular flexibility index (Phi) is 4.81. The van der Waals surface area contributed by atoms with Crippen molar-refractivity contribution in [2.24, 2.45) is 0 Å². The van der Waals surface area contributed by atoms with E-state index < -0.39 is 0 Å². The van der Waals surface area contributed by atoms with Crippen LogP contribution in [-0.2, 0) is 11.2 Å². The fourth-order valence-corrected chi connectivity index (χ4v) is 1.46. The molecule has 1 aromatic heterocycles. The fraction of sp³-hybridized carbons (Fsp3) is 0.500. The molecule has 1 aromatic rings. The normalized spacial score (nSPS) is 10.0. The molecule has 0 bridgehead atoms. The second kappa shape index (κ2) is 6.17. The van der Waals surface area contributed by atoms with Crippen LogP contribution < -0.4 is 4.74 Å². The van der Waals surface area contributed by atoms with Crippen molar-refractivity contribution in [1.29, 1.82) is 0 Å². The quantitative estimate of drug-likeness (QED) is 0.719. The van der Waals surface area contributed by atoms with Gasteiger partial charge in [-0.1, -0.05) is 6.92 Å². The number of aromatic nitrogens is 1. The predicted octanol–water partition coefficient (Wildman–Crippen LogP) is 2.39. The second-order valence-corrected chi connectivity index (χ2v) is 3.44. The van der Waals surface area contributed by atoms with Gasteiger partial charge in [0.2, 0.25) is 0 Å². The minimum atomic E-state index is 0.296. The monoisotopic (exact) mass is 207 g/mol. The number of carbonyl (C=O) groups is 1. The molecule has 0 fully saturated rings. The minimum Gasteiger partial charge on any atom is -0.495 e. The number of aryl methyl sites for hydroxylation is 1. The molecule has 0 spiro atoms. The van der Waals surface area contributed by atoms with Crippen LogP contribution in [0.4, 0.5) is 0 Å². The van der Waals surface area contributed by atoms with Gasteiger partial charge in [0.1, 0.15) is 11.5 Å². The Bertz CT molecular complexity index is 323. The summed E-state index contributed by atoms with van der Waals surface area (Å²) in [5.74, 6) is 1.06. The van der Waals surface area contributed by atoms with Crippen LogP contribution in [0.15, 0.2) is 18.3 Å². The Morgan fingerprint density at radius 3 is 2.93 bits per heavy atom. The third kappa shape index (κ3) is 3.70. The molecule has 0 saturated carbocycles. The summed E-state index contributed by atoms with van der Waals surface area (Å²) in [6.45, 7) is 2.01. The molecule has 0 saturated heterocycles. The Balaban J connectivity index is 2.53. The second-order valence-electron chi connectivity index (χ2n) is 3.44. The Labute approximate surface area is 90.5 Å². The summed E-state index contributed by atoms with van der Waals surface area (Å²) in [6.07, 6.45) is 4.53. The van der Waals surface area contributed by atoms with Crippen molar-refractivity contribution in [3.05, 3.63) is 24.0 Å². The molecule has 0 unspecified atom stereocenters. The van der Waals surface area contributed by atoms with Crippen LogP contribution in [0, 0.1) is 0 Å². The van der Waals surface area contributed by atoms with E-state index in [1.165, 1.54) is 0 Å². The molecule has 0 aliphatic carbocycles. The van der Waals surface area contributed by atoms with Gasteiger partial charge in [-0.15, -0.1) is 0 Å². The van der Waals surface area contributed by atoms with E-state index >= 15 is 0 Å². The number of nitrogens with zero attached hydrogens (tertiary/aromatic N) is 1. The van der Waals surface area contributed by atoms with Crippen molar-refractivity contribution in [2.75, 3.05) is 7.11 Å². The van der Waals surface area contributed by atoms with Gasteiger partial charge in [-0.25, -0.2) is 0 Å². The molecule has 0 aliphatic heterocycles. The first-order valence-corrected chi connectivity index (χ1v) is 5.27. The summed E-state index contributed by atoms with van der Waals surface area (Å²) < 4.78 is 5.16. The van der Waals surface area contributed by atoms with Crippen molar-refractivity contribution < 1.29 is 9.53 Å². The molecule has 82 valence electrons. The summed E-state index contributed by atoms with van der Waals surface area (Å²) in [5, 5.41) is 0. The van der Waals surface area contributed by atoms with Gasteiger partial charge in [-0.3, -0.25) is 9.78 Å². The zero-order valence-corrected chi connectivity index (χ0v) is 9.32. The number of carbonyl (C=O) groups excluding carboxylic acids is 1. The summed E-state index contributed by atoms with van der Waals surface area (Å²) in [4.78, 5) is 15.6. The largest absolute Gasteiger partial charge is 0.495 e. The summed E-state index contributed by atoms with van der Waals surface area (Å²) >= 11 is 0. The first-order chi connectivity index (χ1) is 7.27. The molecule has 0 aliphatic rings. The number of ketones is 1. The molecule has 0 N–H and O–H groups in total. The predicted molar refractivity (Wildman–Crippen MR) is 59.0 cm³/mol. The molecule has 0 atom stereocenters. The molecule has 0 amide bonds. The van der Waals surface area contributed by atoms with Crippen LogP contribution in [0.3, 0.4) is 0 Å². The van der Waals surface area contributed by atoms with Gasteiger partial charge in [0.05, 0.1) is 12.8 Å². The van der Waals surface area contributed by atoms with Crippen LogP contribution >= 0.6 is 0 Å². The van der Waals surface area contributed by atoms with Gasteiger partial charge >= 0.3 is 0 Å². The average molecular weight is 207 g/mol. The molecule has 3 nitrogen and oxygen atoms in total.